The summed E-state index contributed by atoms with van der Waals surface area (Å²) < 4.78 is 4.45. The van der Waals surface area contributed by atoms with Gasteiger partial charge in [-0.25, -0.2) is 4.79 Å². The Kier molecular flexibility index (Phi) is 3.85. The molecule has 1 aromatic carbocycles. The third kappa shape index (κ3) is 3.09. The van der Waals surface area contributed by atoms with Crippen molar-refractivity contribution in [3.8, 4) is 0 Å². The molecule has 1 aromatic rings. The molecule has 1 rings (SSSR count). The lowest BCUT2D eigenvalue weighted by molar-refractivity contribution is -0.119. The number of methoxy groups -OCH3 is 1. The molecule has 0 fully saturated rings. The van der Waals surface area contributed by atoms with E-state index in [-0.39, 0.29) is 5.78 Å². The van der Waals surface area contributed by atoms with Crippen molar-refractivity contribution in [2.45, 2.75) is 13.0 Å². The largest absolute Gasteiger partial charge is 0.453 e. The van der Waals surface area contributed by atoms with Crippen molar-refractivity contribution in [1.29, 1.82) is 0 Å². The topological polar surface area (TPSA) is 55.4 Å². The third-order valence-corrected chi connectivity index (χ3v) is 1.99. The maximum Gasteiger partial charge on any atom is 0.407 e. The standard InChI is InChI=1S/C11H13NO3/c1-8(13)10(12-11(14)15-2)9-6-4-3-5-7-9/h3-7,10H,1-2H3,(H,12,14)/t10-/m1/s1. The van der Waals surface area contributed by atoms with Crippen LogP contribution in [0.5, 0.6) is 0 Å². The third-order valence-electron chi connectivity index (χ3n) is 1.99. The molecule has 1 amide bonds. The molecule has 0 saturated carbocycles. The summed E-state index contributed by atoms with van der Waals surface area (Å²) in [6.07, 6.45) is -0.612. The second-order valence-electron chi connectivity index (χ2n) is 3.09. The molecule has 0 aliphatic rings. The number of rotatable bonds is 3. The second kappa shape index (κ2) is 5.14. The average molecular weight is 207 g/mol. The van der Waals surface area contributed by atoms with Gasteiger partial charge in [0.15, 0.2) is 5.78 Å². The Morgan fingerprint density at radius 3 is 2.33 bits per heavy atom. The average Bonchev–Trinajstić information content (AvgIpc) is 2.26. The molecule has 0 aliphatic carbocycles. The van der Waals surface area contributed by atoms with Crippen molar-refractivity contribution in [3.63, 3.8) is 0 Å². The second-order valence-corrected chi connectivity index (χ2v) is 3.09. The number of ketones is 1. The normalized spacial score (nSPS) is 11.6. The zero-order chi connectivity index (χ0) is 11.3. The summed E-state index contributed by atoms with van der Waals surface area (Å²) in [6.45, 7) is 1.42. The minimum absolute atomic E-state index is 0.133. The molecule has 0 unspecified atom stereocenters. The number of ether oxygens (including phenoxy) is 1. The molecule has 0 heterocycles. The highest BCUT2D eigenvalue weighted by atomic mass is 16.5. The van der Waals surface area contributed by atoms with Gasteiger partial charge in [0.1, 0.15) is 6.04 Å². The Bertz CT molecular complexity index is 348. The predicted octanol–water partition coefficient (Wildman–Crippen LogP) is 1.67. The van der Waals surface area contributed by atoms with Crippen LogP contribution in [0.1, 0.15) is 18.5 Å². The van der Waals surface area contributed by atoms with Gasteiger partial charge in [-0.3, -0.25) is 4.79 Å². The number of carbonyl (C=O) groups is 2. The van der Waals surface area contributed by atoms with Crippen LogP contribution in [0.15, 0.2) is 30.3 Å². The van der Waals surface area contributed by atoms with E-state index in [1.165, 1.54) is 14.0 Å². The van der Waals surface area contributed by atoms with E-state index in [1.54, 1.807) is 12.1 Å². The van der Waals surface area contributed by atoms with E-state index in [9.17, 15) is 9.59 Å². The molecular formula is C11H13NO3. The summed E-state index contributed by atoms with van der Waals surface area (Å²) >= 11 is 0. The summed E-state index contributed by atoms with van der Waals surface area (Å²) in [6, 6.07) is 8.38. The Labute approximate surface area is 88.2 Å². The van der Waals surface area contributed by atoms with Crippen molar-refractivity contribution < 1.29 is 14.3 Å². The molecule has 4 heteroatoms. The summed E-state index contributed by atoms with van der Waals surface area (Å²) in [5, 5.41) is 2.47. The van der Waals surface area contributed by atoms with Gasteiger partial charge >= 0.3 is 6.09 Å². The summed E-state index contributed by atoms with van der Waals surface area (Å²) in [7, 11) is 1.26. The molecule has 0 saturated heterocycles. The van der Waals surface area contributed by atoms with E-state index in [0.29, 0.717) is 0 Å². The number of hydrogen-bond acceptors (Lipinski definition) is 3. The molecule has 0 spiro atoms. The first-order chi connectivity index (χ1) is 7.15. The van der Waals surface area contributed by atoms with Gasteiger partial charge in [0.2, 0.25) is 0 Å². The van der Waals surface area contributed by atoms with Gasteiger partial charge in [-0.2, -0.15) is 0 Å². The van der Waals surface area contributed by atoms with Crippen LogP contribution in [0, 0.1) is 0 Å². The zero-order valence-electron chi connectivity index (χ0n) is 8.69. The maximum atomic E-state index is 11.3. The van der Waals surface area contributed by atoms with Crippen LogP contribution in [0.2, 0.25) is 0 Å². The fourth-order valence-corrected chi connectivity index (χ4v) is 1.24. The quantitative estimate of drug-likeness (QED) is 0.820. The van der Waals surface area contributed by atoms with E-state index < -0.39 is 12.1 Å². The molecule has 0 radical (unpaired) electrons. The fourth-order valence-electron chi connectivity index (χ4n) is 1.24. The number of hydrogen-bond donors (Lipinski definition) is 1. The van der Waals surface area contributed by atoms with Gasteiger partial charge < -0.3 is 10.1 Å². The summed E-state index contributed by atoms with van der Waals surface area (Å²) in [5.74, 6) is -0.133. The van der Waals surface area contributed by atoms with Crippen LogP contribution in [-0.2, 0) is 9.53 Å². The van der Waals surface area contributed by atoms with Crippen molar-refractivity contribution in [2.75, 3.05) is 7.11 Å². The van der Waals surface area contributed by atoms with Crippen LogP contribution in [0.3, 0.4) is 0 Å². The van der Waals surface area contributed by atoms with E-state index in [0.717, 1.165) is 5.56 Å². The van der Waals surface area contributed by atoms with Crippen LogP contribution >= 0.6 is 0 Å². The summed E-state index contributed by atoms with van der Waals surface area (Å²) in [5.41, 5.74) is 0.746. The minimum Gasteiger partial charge on any atom is -0.453 e. The van der Waals surface area contributed by atoms with E-state index >= 15 is 0 Å². The Morgan fingerprint density at radius 1 is 1.27 bits per heavy atom. The lowest BCUT2D eigenvalue weighted by atomic mass is 10.0. The molecule has 80 valence electrons. The van der Waals surface area contributed by atoms with Gasteiger partial charge in [0.05, 0.1) is 7.11 Å². The minimum atomic E-state index is -0.640. The number of benzene rings is 1. The number of amides is 1. The lowest BCUT2D eigenvalue weighted by Gasteiger charge is -2.14. The van der Waals surface area contributed by atoms with Crippen molar-refractivity contribution in [1.82, 2.24) is 5.32 Å². The zero-order valence-corrected chi connectivity index (χ0v) is 8.69. The van der Waals surface area contributed by atoms with Gasteiger partial charge in [-0.05, 0) is 12.5 Å². The van der Waals surface area contributed by atoms with Crippen molar-refractivity contribution in [2.24, 2.45) is 0 Å². The van der Waals surface area contributed by atoms with Crippen LogP contribution in [0.25, 0.3) is 0 Å². The first-order valence-electron chi connectivity index (χ1n) is 4.55. The number of Topliss-reactive ketones (excluding diaryl/α,β-unsaturated/α-hetero) is 1. The Balaban J connectivity index is 2.84. The molecule has 1 atom stereocenters. The SMILES string of the molecule is COC(=O)N[C@H](C(C)=O)c1ccccc1. The molecule has 1 N–H and O–H groups in total. The highest BCUT2D eigenvalue weighted by Gasteiger charge is 2.18. The highest BCUT2D eigenvalue weighted by Crippen LogP contribution is 2.13. The number of alkyl carbamates (subject to hydrolysis) is 1. The number of carbonyl (C=O) groups excluding carboxylic acids is 2. The van der Waals surface area contributed by atoms with Crippen LogP contribution in [0.4, 0.5) is 4.79 Å². The first-order valence-corrected chi connectivity index (χ1v) is 4.55. The van der Waals surface area contributed by atoms with E-state index in [1.807, 2.05) is 18.2 Å². The molecule has 4 nitrogen and oxygen atoms in total. The predicted molar refractivity (Wildman–Crippen MR) is 55.4 cm³/mol. The van der Waals surface area contributed by atoms with Gasteiger partial charge in [-0.1, -0.05) is 30.3 Å². The monoisotopic (exact) mass is 207 g/mol. The molecule has 0 aromatic heterocycles. The van der Waals surface area contributed by atoms with E-state index in [4.69, 9.17) is 0 Å². The fraction of sp³-hybridized carbons (Fsp3) is 0.273. The van der Waals surface area contributed by atoms with Gasteiger partial charge in [0, 0.05) is 0 Å². The molecule has 0 bridgehead atoms. The maximum absolute atomic E-state index is 11.3. The summed E-state index contributed by atoms with van der Waals surface area (Å²) in [4.78, 5) is 22.3. The molecule has 0 aliphatic heterocycles. The smallest absolute Gasteiger partial charge is 0.407 e. The van der Waals surface area contributed by atoms with Crippen molar-refractivity contribution in [3.05, 3.63) is 35.9 Å². The van der Waals surface area contributed by atoms with E-state index in [2.05, 4.69) is 10.1 Å². The first kappa shape index (κ1) is 11.2. The van der Waals surface area contributed by atoms with Gasteiger partial charge in [-0.15, -0.1) is 0 Å². The molecular weight excluding hydrogens is 194 g/mol. The van der Waals surface area contributed by atoms with Crippen LogP contribution in [-0.4, -0.2) is 19.0 Å². The number of nitrogens with one attached hydrogen (secondary N) is 1. The van der Waals surface area contributed by atoms with Gasteiger partial charge in [0.25, 0.3) is 0 Å². The Hall–Kier alpha value is -1.84. The Morgan fingerprint density at radius 2 is 1.87 bits per heavy atom. The lowest BCUT2D eigenvalue weighted by Crippen LogP contribution is -2.32. The van der Waals surface area contributed by atoms with Crippen LogP contribution < -0.4 is 5.32 Å². The molecule has 15 heavy (non-hydrogen) atoms. The van der Waals surface area contributed by atoms with Crippen molar-refractivity contribution >= 4 is 11.9 Å². The highest BCUT2D eigenvalue weighted by molar-refractivity contribution is 5.86.